The lowest BCUT2D eigenvalue weighted by molar-refractivity contribution is -0.120. The molecule has 6 heteroatoms. The maximum Gasteiger partial charge on any atom is 0.224 e. The number of amides is 1. The number of imidazole rings is 1. The van der Waals surface area contributed by atoms with Gasteiger partial charge in [-0.2, -0.15) is 0 Å². The summed E-state index contributed by atoms with van der Waals surface area (Å²) in [7, 11) is 3.29. The van der Waals surface area contributed by atoms with E-state index in [0.29, 0.717) is 25.9 Å². The predicted molar refractivity (Wildman–Crippen MR) is 125 cm³/mol. The first-order chi connectivity index (χ1) is 15.7. The number of fused-ring (bicyclic) bond motifs is 1. The second-order valence-corrected chi connectivity index (χ2v) is 7.58. The smallest absolute Gasteiger partial charge is 0.224 e. The van der Waals surface area contributed by atoms with Crippen molar-refractivity contribution in [2.75, 3.05) is 20.8 Å². The van der Waals surface area contributed by atoms with Crippen LogP contribution in [0, 0.1) is 0 Å². The molecule has 0 saturated heterocycles. The number of nitrogens with zero attached hydrogens (tertiary/aromatic N) is 2. The maximum absolute atomic E-state index is 12.4. The third kappa shape index (κ3) is 5.09. The van der Waals surface area contributed by atoms with E-state index in [0.717, 1.165) is 33.9 Å². The molecular weight excluding hydrogens is 402 g/mol. The lowest BCUT2D eigenvalue weighted by Gasteiger charge is -2.11. The van der Waals surface area contributed by atoms with Crippen molar-refractivity contribution < 1.29 is 14.3 Å². The average Bonchev–Trinajstić information content (AvgIpc) is 3.17. The first kappa shape index (κ1) is 21.4. The average molecular weight is 430 g/mol. The molecule has 164 valence electrons. The zero-order valence-corrected chi connectivity index (χ0v) is 18.4. The van der Waals surface area contributed by atoms with E-state index in [-0.39, 0.29) is 5.91 Å². The molecule has 0 saturated carbocycles. The number of hydrogen-bond donors (Lipinski definition) is 1. The minimum absolute atomic E-state index is 0.00650. The van der Waals surface area contributed by atoms with Crippen LogP contribution in [0.25, 0.3) is 11.0 Å². The summed E-state index contributed by atoms with van der Waals surface area (Å²) >= 11 is 0. The van der Waals surface area contributed by atoms with Gasteiger partial charge in [-0.05, 0) is 47.5 Å². The minimum Gasteiger partial charge on any atom is -0.497 e. The van der Waals surface area contributed by atoms with Gasteiger partial charge in [0.05, 0.1) is 31.7 Å². The second kappa shape index (κ2) is 10.0. The Balaban J connectivity index is 1.42. The highest BCUT2D eigenvalue weighted by atomic mass is 16.5. The predicted octanol–water partition coefficient (Wildman–Crippen LogP) is 4.00. The molecule has 4 rings (SSSR count). The van der Waals surface area contributed by atoms with E-state index < -0.39 is 0 Å². The van der Waals surface area contributed by atoms with Gasteiger partial charge in [-0.1, -0.05) is 36.4 Å². The van der Waals surface area contributed by atoms with Gasteiger partial charge in [-0.3, -0.25) is 4.79 Å². The van der Waals surface area contributed by atoms with E-state index in [1.165, 1.54) is 5.56 Å². The van der Waals surface area contributed by atoms with Crippen molar-refractivity contribution in [3.63, 3.8) is 0 Å². The Morgan fingerprint density at radius 3 is 2.16 bits per heavy atom. The number of ether oxygens (including phenoxy) is 2. The van der Waals surface area contributed by atoms with E-state index in [1.807, 2.05) is 54.6 Å². The zero-order chi connectivity index (χ0) is 22.3. The summed E-state index contributed by atoms with van der Waals surface area (Å²) in [6.07, 6.45) is 0.992. The van der Waals surface area contributed by atoms with E-state index in [2.05, 4.69) is 28.1 Å². The molecule has 0 aliphatic heterocycles. The molecule has 1 amide bonds. The first-order valence-electron chi connectivity index (χ1n) is 10.6. The van der Waals surface area contributed by atoms with Crippen LogP contribution < -0.4 is 14.8 Å². The molecule has 0 bridgehead atoms. The summed E-state index contributed by atoms with van der Waals surface area (Å²) in [6.45, 7) is 1.24. The number of benzene rings is 3. The van der Waals surface area contributed by atoms with Crippen molar-refractivity contribution >= 4 is 16.9 Å². The number of carbonyl (C=O) groups excluding carboxylic acids is 1. The van der Waals surface area contributed by atoms with E-state index in [4.69, 9.17) is 14.5 Å². The Labute approximate surface area is 187 Å². The third-order valence-corrected chi connectivity index (χ3v) is 5.43. The SMILES string of the molecule is COc1ccc(CC(=O)NCCc2nc3ccccc3n2Cc2ccc(OC)cc2)cc1. The molecule has 0 aliphatic carbocycles. The highest BCUT2D eigenvalue weighted by Gasteiger charge is 2.12. The van der Waals surface area contributed by atoms with E-state index in [9.17, 15) is 4.79 Å². The van der Waals surface area contributed by atoms with Crippen molar-refractivity contribution in [2.24, 2.45) is 0 Å². The van der Waals surface area contributed by atoms with Crippen LogP contribution in [0.3, 0.4) is 0 Å². The summed E-state index contributed by atoms with van der Waals surface area (Å²) in [6, 6.07) is 23.7. The Morgan fingerprint density at radius 2 is 1.50 bits per heavy atom. The lowest BCUT2D eigenvalue weighted by Crippen LogP contribution is -2.28. The number of nitrogens with one attached hydrogen (secondary N) is 1. The van der Waals surface area contributed by atoms with Crippen molar-refractivity contribution in [2.45, 2.75) is 19.4 Å². The fourth-order valence-electron chi connectivity index (χ4n) is 3.71. The monoisotopic (exact) mass is 429 g/mol. The summed E-state index contributed by atoms with van der Waals surface area (Å²) in [5.41, 5.74) is 4.16. The molecule has 0 atom stereocenters. The van der Waals surface area contributed by atoms with Crippen LogP contribution in [0.2, 0.25) is 0 Å². The minimum atomic E-state index is -0.00650. The topological polar surface area (TPSA) is 65.4 Å². The zero-order valence-electron chi connectivity index (χ0n) is 18.4. The number of carbonyl (C=O) groups is 1. The fraction of sp³-hybridized carbons (Fsp3) is 0.231. The van der Waals surface area contributed by atoms with Gasteiger partial charge in [-0.25, -0.2) is 4.98 Å². The molecule has 4 aromatic rings. The van der Waals surface area contributed by atoms with Crippen LogP contribution in [0.1, 0.15) is 17.0 Å². The van der Waals surface area contributed by atoms with Crippen molar-refractivity contribution in [3.8, 4) is 11.5 Å². The van der Waals surface area contributed by atoms with Crippen LogP contribution in [-0.4, -0.2) is 36.2 Å². The highest BCUT2D eigenvalue weighted by Crippen LogP contribution is 2.20. The number of hydrogen-bond acceptors (Lipinski definition) is 4. The van der Waals surface area contributed by atoms with Gasteiger partial charge >= 0.3 is 0 Å². The molecule has 32 heavy (non-hydrogen) atoms. The fourth-order valence-corrected chi connectivity index (χ4v) is 3.71. The molecule has 0 unspecified atom stereocenters. The quantitative estimate of drug-likeness (QED) is 0.437. The summed E-state index contributed by atoms with van der Waals surface area (Å²) < 4.78 is 12.6. The molecule has 3 aromatic carbocycles. The van der Waals surface area contributed by atoms with Crippen LogP contribution in [0.5, 0.6) is 11.5 Å². The molecular formula is C26H27N3O3. The van der Waals surface area contributed by atoms with Crippen molar-refractivity contribution in [1.29, 1.82) is 0 Å². The third-order valence-electron chi connectivity index (χ3n) is 5.43. The largest absolute Gasteiger partial charge is 0.497 e. The van der Waals surface area contributed by atoms with Gasteiger partial charge in [0.15, 0.2) is 0 Å². The van der Waals surface area contributed by atoms with Crippen LogP contribution >= 0.6 is 0 Å². The second-order valence-electron chi connectivity index (χ2n) is 7.58. The van der Waals surface area contributed by atoms with Gasteiger partial charge in [0.25, 0.3) is 0 Å². The first-order valence-corrected chi connectivity index (χ1v) is 10.6. The highest BCUT2D eigenvalue weighted by molar-refractivity contribution is 5.78. The molecule has 1 N–H and O–H groups in total. The molecule has 1 heterocycles. The number of rotatable bonds is 9. The van der Waals surface area contributed by atoms with E-state index in [1.54, 1.807) is 14.2 Å². The molecule has 0 radical (unpaired) electrons. The normalized spacial score (nSPS) is 10.8. The van der Waals surface area contributed by atoms with Crippen molar-refractivity contribution in [3.05, 3.63) is 89.7 Å². The summed E-state index contributed by atoms with van der Waals surface area (Å²) in [4.78, 5) is 17.2. The van der Waals surface area contributed by atoms with Crippen molar-refractivity contribution in [1.82, 2.24) is 14.9 Å². The molecule has 6 nitrogen and oxygen atoms in total. The van der Waals surface area contributed by atoms with Crippen LogP contribution in [0.15, 0.2) is 72.8 Å². The summed E-state index contributed by atoms with van der Waals surface area (Å²) in [5.74, 6) is 2.56. The van der Waals surface area contributed by atoms with Gasteiger partial charge < -0.3 is 19.4 Å². The number of aromatic nitrogens is 2. The van der Waals surface area contributed by atoms with E-state index >= 15 is 0 Å². The Bertz CT molecular complexity index is 1180. The van der Waals surface area contributed by atoms with Gasteiger partial charge in [0, 0.05) is 19.5 Å². The Kier molecular flexibility index (Phi) is 6.70. The molecule has 0 aliphatic rings. The Morgan fingerprint density at radius 1 is 0.875 bits per heavy atom. The number of para-hydroxylation sites is 2. The summed E-state index contributed by atoms with van der Waals surface area (Å²) in [5, 5.41) is 3.02. The number of methoxy groups -OCH3 is 2. The molecule has 1 aromatic heterocycles. The van der Waals surface area contributed by atoms with Crippen LogP contribution in [0.4, 0.5) is 0 Å². The maximum atomic E-state index is 12.4. The molecule has 0 spiro atoms. The lowest BCUT2D eigenvalue weighted by atomic mass is 10.1. The standard InChI is InChI=1S/C26H27N3O3/c1-31-21-11-7-19(8-12-21)17-26(30)27-16-15-25-28-23-5-3-4-6-24(23)29(25)18-20-9-13-22(32-2)14-10-20/h3-14H,15-18H2,1-2H3,(H,27,30). The van der Waals surface area contributed by atoms with Crippen LogP contribution in [-0.2, 0) is 24.2 Å². The van der Waals surface area contributed by atoms with Gasteiger partial charge in [0.1, 0.15) is 17.3 Å². The molecule has 0 fully saturated rings. The van der Waals surface area contributed by atoms with Gasteiger partial charge in [-0.15, -0.1) is 0 Å². The Hall–Kier alpha value is -3.80. The van der Waals surface area contributed by atoms with Gasteiger partial charge in [0.2, 0.25) is 5.91 Å².